The van der Waals surface area contributed by atoms with Gasteiger partial charge in [-0.05, 0) is 37.8 Å². The molecule has 1 fully saturated rings. The van der Waals surface area contributed by atoms with Crippen LogP contribution in [0.5, 0.6) is 0 Å². The summed E-state index contributed by atoms with van der Waals surface area (Å²) < 4.78 is 0. The third kappa shape index (κ3) is 2.57. The van der Waals surface area contributed by atoms with E-state index in [0.717, 1.165) is 17.9 Å². The quantitative estimate of drug-likeness (QED) is 0.817. The summed E-state index contributed by atoms with van der Waals surface area (Å²) >= 11 is 5.08. The van der Waals surface area contributed by atoms with Crippen molar-refractivity contribution in [3.63, 3.8) is 0 Å². The van der Waals surface area contributed by atoms with Crippen LogP contribution in [0.3, 0.4) is 0 Å². The fourth-order valence-electron chi connectivity index (χ4n) is 2.44. The van der Waals surface area contributed by atoms with Gasteiger partial charge in [0.1, 0.15) is 10.7 Å². The first-order valence-electron chi connectivity index (χ1n) is 6.11. The predicted molar refractivity (Wildman–Crippen MR) is 75.3 cm³/mol. The zero-order chi connectivity index (χ0) is 12.4. The van der Waals surface area contributed by atoms with Crippen molar-refractivity contribution in [2.75, 3.05) is 11.4 Å². The molecule has 0 bridgehead atoms. The number of piperidine rings is 1. The maximum absolute atomic E-state index is 5.74. The zero-order valence-corrected chi connectivity index (χ0v) is 11.2. The Morgan fingerprint density at radius 3 is 2.94 bits per heavy atom. The molecule has 1 aliphatic heterocycles. The lowest BCUT2D eigenvalue weighted by Gasteiger charge is -2.39. The number of hydrogen-bond acceptors (Lipinski definition) is 3. The molecule has 2 N–H and O–H groups in total. The number of hydrogen-bond donors (Lipinski definition) is 1. The van der Waals surface area contributed by atoms with Gasteiger partial charge in [0.05, 0.1) is 5.69 Å². The Morgan fingerprint density at radius 1 is 1.47 bits per heavy atom. The number of nitrogens with zero attached hydrogens (tertiary/aromatic N) is 2. The minimum Gasteiger partial charge on any atom is -0.388 e. The van der Waals surface area contributed by atoms with E-state index in [1.54, 1.807) is 6.20 Å². The molecular weight excluding hydrogens is 230 g/mol. The average molecular weight is 249 g/mol. The highest BCUT2D eigenvalue weighted by Crippen LogP contribution is 2.28. The molecule has 1 aromatic heterocycles. The molecule has 0 amide bonds. The van der Waals surface area contributed by atoms with Crippen molar-refractivity contribution in [3.05, 3.63) is 24.0 Å². The molecule has 92 valence electrons. The topological polar surface area (TPSA) is 42.2 Å². The van der Waals surface area contributed by atoms with Gasteiger partial charge in [-0.25, -0.2) is 0 Å². The van der Waals surface area contributed by atoms with E-state index in [1.807, 2.05) is 6.07 Å². The van der Waals surface area contributed by atoms with Gasteiger partial charge in [-0.1, -0.05) is 19.1 Å². The first-order chi connectivity index (χ1) is 8.09. The average Bonchev–Trinajstić information content (AvgIpc) is 2.32. The van der Waals surface area contributed by atoms with Gasteiger partial charge in [0.25, 0.3) is 0 Å². The van der Waals surface area contributed by atoms with Gasteiger partial charge >= 0.3 is 0 Å². The third-order valence-corrected chi connectivity index (χ3v) is 3.64. The fourth-order valence-corrected chi connectivity index (χ4v) is 2.60. The molecule has 0 spiro atoms. The Labute approximate surface area is 108 Å². The van der Waals surface area contributed by atoms with Crippen LogP contribution in [0.2, 0.25) is 0 Å². The van der Waals surface area contributed by atoms with Crippen LogP contribution in [0.1, 0.15) is 32.4 Å². The number of rotatable bonds is 2. The summed E-state index contributed by atoms with van der Waals surface area (Å²) in [5.74, 6) is 0.714. The second-order valence-corrected chi connectivity index (χ2v) is 5.36. The fraction of sp³-hybridized carbons (Fsp3) is 0.538. The minimum absolute atomic E-state index is 0.381. The number of aromatic nitrogens is 1. The highest BCUT2D eigenvalue weighted by molar-refractivity contribution is 7.80. The highest BCUT2D eigenvalue weighted by Gasteiger charge is 2.25. The first-order valence-corrected chi connectivity index (χ1v) is 6.52. The Bertz CT molecular complexity index is 419. The van der Waals surface area contributed by atoms with Gasteiger partial charge in [0, 0.05) is 18.8 Å². The van der Waals surface area contributed by atoms with Crippen molar-refractivity contribution < 1.29 is 0 Å². The number of pyridine rings is 1. The summed E-state index contributed by atoms with van der Waals surface area (Å²) in [4.78, 5) is 7.07. The van der Waals surface area contributed by atoms with Crippen LogP contribution in [0, 0.1) is 5.92 Å². The summed E-state index contributed by atoms with van der Waals surface area (Å²) in [7, 11) is 0. The molecular formula is C13H19N3S. The van der Waals surface area contributed by atoms with Crippen molar-refractivity contribution in [2.24, 2.45) is 11.7 Å². The summed E-state index contributed by atoms with van der Waals surface area (Å²) in [6, 6.07) is 4.54. The van der Waals surface area contributed by atoms with E-state index < -0.39 is 0 Å². The Balaban J connectivity index is 2.35. The summed E-state index contributed by atoms with van der Waals surface area (Å²) in [6.45, 7) is 5.60. The lowest BCUT2D eigenvalue weighted by atomic mass is 9.94. The van der Waals surface area contributed by atoms with Gasteiger partial charge in [-0.2, -0.15) is 0 Å². The number of nitrogens with two attached hydrogens (primary N) is 1. The van der Waals surface area contributed by atoms with Crippen LogP contribution < -0.4 is 10.6 Å². The Morgan fingerprint density at radius 2 is 2.24 bits per heavy atom. The standard InChI is InChI=1S/C13H19N3S/c1-9-5-6-10(2)16(8-9)11-4-3-7-15-12(11)13(14)17/h3-4,7,9-10H,5-6,8H2,1-2H3,(H2,14,17). The van der Waals surface area contributed by atoms with Gasteiger partial charge in [0.2, 0.25) is 0 Å². The zero-order valence-electron chi connectivity index (χ0n) is 10.4. The molecule has 0 saturated carbocycles. The molecule has 2 unspecified atom stereocenters. The SMILES string of the molecule is CC1CCC(C)N(c2cccnc2C(N)=S)C1. The van der Waals surface area contributed by atoms with Gasteiger partial charge in [-0.15, -0.1) is 0 Å². The van der Waals surface area contributed by atoms with E-state index in [2.05, 4.69) is 29.8 Å². The van der Waals surface area contributed by atoms with Gasteiger partial charge in [-0.3, -0.25) is 4.98 Å². The largest absolute Gasteiger partial charge is 0.388 e. The molecule has 1 saturated heterocycles. The molecule has 2 rings (SSSR count). The van der Waals surface area contributed by atoms with Crippen LogP contribution in [0.15, 0.2) is 18.3 Å². The smallest absolute Gasteiger partial charge is 0.124 e. The molecule has 1 aliphatic rings. The molecule has 0 aliphatic carbocycles. The van der Waals surface area contributed by atoms with Crippen LogP contribution in [0.25, 0.3) is 0 Å². The molecule has 1 aromatic rings. The molecule has 0 aromatic carbocycles. The third-order valence-electron chi connectivity index (χ3n) is 3.45. The van der Waals surface area contributed by atoms with Gasteiger partial charge < -0.3 is 10.6 Å². The second kappa shape index (κ2) is 5.00. The lowest BCUT2D eigenvalue weighted by Crippen LogP contribution is -2.42. The molecule has 2 atom stereocenters. The summed E-state index contributed by atoms with van der Waals surface area (Å²) in [5.41, 5.74) is 7.58. The Kier molecular flexibility index (Phi) is 3.62. The minimum atomic E-state index is 0.381. The number of anilines is 1. The normalized spacial score (nSPS) is 24.7. The van der Waals surface area contributed by atoms with Crippen LogP contribution >= 0.6 is 12.2 Å². The molecule has 2 heterocycles. The monoisotopic (exact) mass is 249 g/mol. The van der Waals surface area contributed by atoms with Gasteiger partial charge in [0.15, 0.2) is 0 Å². The summed E-state index contributed by atoms with van der Waals surface area (Å²) in [6.07, 6.45) is 4.25. The highest BCUT2D eigenvalue weighted by atomic mass is 32.1. The predicted octanol–water partition coefficient (Wildman–Crippen LogP) is 2.34. The van der Waals surface area contributed by atoms with Crippen molar-refractivity contribution in [1.82, 2.24) is 4.98 Å². The molecule has 3 nitrogen and oxygen atoms in total. The van der Waals surface area contributed by atoms with Crippen molar-refractivity contribution in [1.29, 1.82) is 0 Å². The molecule has 4 heteroatoms. The van der Waals surface area contributed by atoms with E-state index in [4.69, 9.17) is 18.0 Å². The van der Waals surface area contributed by atoms with E-state index in [0.29, 0.717) is 16.9 Å². The van der Waals surface area contributed by atoms with Crippen LogP contribution in [-0.2, 0) is 0 Å². The second-order valence-electron chi connectivity index (χ2n) is 4.92. The van der Waals surface area contributed by atoms with Crippen molar-refractivity contribution in [2.45, 2.75) is 32.7 Å². The number of thiocarbonyl (C=S) groups is 1. The lowest BCUT2D eigenvalue weighted by molar-refractivity contribution is 0.390. The maximum atomic E-state index is 5.74. The van der Waals surface area contributed by atoms with E-state index in [-0.39, 0.29) is 0 Å². The first kappa shape index (κ1) is 12.3. The summed E-state index contributed by atoms with van der Waals surface area (Å²) in [5, 5.41) is 0. The van der Waals surface area contributed by atoms with Crippen molar-refractivity contribution in [3.8, 4) is 0 Å². The van der Waals surface area contributed by atoms with E-state index >= 15 is 0 Å². The van der Waals surface area contributed by atoms with E-state index in [1.165, 1.54) is 12.8 Å². The Hall–Kier alpha value is -1.16. The van der Waals surface area contributed by atoms with Crippen LogP contribution in [0.4, 0.5) is 5.69 Å². The van der Waals surface area contributed by atoms with E-state index in [9.17, 15) is 0 Å². The maximum Gasteiger partial charge on any atom is 0.124 e. The molecule has 0 radical (unpaired) electrons. The van der Waals surface area contributed by atoms with Crippen LogP contribution in [-0.4, -0.2) is 22.6 Å². The molecule has 17 heavy (non-hydrogen) atoms. The van der Waals surface area contributed by atoms with Crippen molar-refractivity contribution >= 4 is 22.9 Å².